The van der Waals surface area contributed by atoms with Crippen LogP contribution in [0.5, 0.6) is 0 Å². The van der Waals surface area contributed by atoms with Gasteiger partial charge in [0, 0.05) is 49.9 Å². The van der Waals surface area contributed by atoms with Crippen molar-refractivity contribution in [1.29, 1.82) is 0 Å². The highest BCUT2D eigenvalue weighted by atomic mass is 16.5. The number of benzene rings is 4. The van der Waals surface area contributed by atoms with Crippen molar-refractivity contribution in [3.63, 3.8) is 0 Å². The zero-order chi connectivity index (χ0) is 42.7. The molecule has 4 aromatic carbocycles. The number of ether oxygens (including phenoxy) is 2. The van der Waals surface area contributed by atoms with Crippen LogP contribution in [0.15, 0.2) is 106 Å². The SMILES string of the molecule is CC(C)(C)O[C@@H]1C[C@H](c2nc(CCCc3ccccc3)no2)N(C(=O)c2ccc3cc(C(=O)N4C[C@H](OC(C)(C)C)C[C@H]4c4nc(CCc5ccccc5)no4)ccc3c2)C1. The summed E-state index contributed by atoms with van der Waals surface area (Å²) >= 11 is 0. The highest BCUT2D eigenvalue weighted by molar-refractivity contribution is 6.02. The molecule has 318 valence electrons. The molecule has 0 N–H and O–H groups in total. The fraction of sp³-hybridized carbons (Fsp3) is 0.429. The van der Waals surface area contributed by atoms with Crippen LogP contribution in [-0.4, -0.2) is 78.4 Å². The van der Waals surface area contributed by atoms with Crippen LogP contribution in [0.3, 0.4) is 0 Å². The van der Waals surface area contributed by atoms with Crippen molar-refractivity contribution >= 4 is 22.6 Å². The van der Waals surface area contributed by atoms with Gasteiger partial charge in [0.05, 0.1) is 23.4 Å². The van der Waals surface area contributed by atoms with E-state index in [-0.39, 0.29) is 24.0 Å². The zero-order valence-corrected chi connectivity index (χ0v) is 36.0. The molecule has 61 heavy (non-hydrogen) atoms. The maximum Gasteiger partial charge on any atom is 0.254 e. The summed E-state index contributed by atoms with van der Waals surface area (Å²) in [6.45, 7) is 12.9. The van der Waals surface area contributed by atoms with E-state index in [4.69, 9.17) is 28.5 Å². The third-order valence-corrected chi connectivity index (χ3v) is 11.1. The second kappa shape index (κ2) is 17.7. The molecule has 0 aliphatic carbocycles. The maximum atomic E-state index is 14.4. The van der Waals surface area contributed by atoms with Gasteiger partial charge in [0.1, 0.15) is 12.1 Å². The largest absolute Gasteiger partial charge is 0.371 e. The molecule has 6 aromatic rings. The number of fused-ring (bicyclic) bond motifs is 1. The Kier molecular flexibility index (Phi) is 12.2. The Morgan fingerprint density at radius 2 is 1.03 bits per heavy atom. The molecule has 4 atom stereocenters. The molecule has 2 saturated heterocycles. The van der Waals surface area contributed by atoms with Crippen LogP contribution in [0.2, 0.25) is 0 Å². The summed E-state index contributed by atoms with van der Waals surface area (Å²) in [7, 11) is 0. The number of hydrogen-bond acceptors (Lipinski definition) is 10. The Labute approximate surface area is 357 Å². The molecule has 0 radical (unpaired) electrons. The minimum atomic E-state index is -0.433. The van der Waals surface area contributed by atoms with Gasteiger partial charge >= 0.3 is 0 Å². The normalized spacial score (nSPS) is 19.6. The highest BCUT2D eigenvalue weighted by Crippen LogP contribution is 2.38. The summed E-state index contributed by atoms with van der Waals surface area (Å²) in [5, 5.41) is 10.3. The van der Waals surface area contributed by atoms with Crippen molar-refractivity contribution in [3.8, 4) is 0 Å². The fourth-order valence-electron chi connectivity index (χ4n) is 8.53. The van der Waals surface area contributed by atoms with E-state index in [9.17, 15) is 9.59 Å². The monoisotopic (exact) mass is 824 g/mol. The van der Waals surface area contributed by atoms with E-state index < -0.39 is 23.3 Å². The number of nitrogens with zero attached hydrogens (tertiary/aromatic N) is 6. The number of aryl methyl sites for hydroxylation is 4. The Morgan fingerprint density at radius 1 is 0.590 bits per heavy atom. The molecule has 12 heteroatoms. The first kappa shape index (κ1) is 42.0. The van der Waals surface area contributed by atoms with Gasteiger partial charge in [-0.05, 0) is 107 Å². The van der Waals surface area contributed by atoms with Crippen LogP contribution in [0.4, 0.5) is 0 Å². The average molecular weight is 825 g/mol. The lowest BCUT2D eigenvalue weighted by atomic mass is 10.0. The van der Waals surface area contributed by atoms with Crippen LogP contribution in [0.25, 0.3) is 10.8 Å². The van der Waals surface area contributed by atoms with E-state index in [1.54, 1.807) is 9.80 Å². The molecular formula is C49H56N6O6. The number of aromatic nitrogens is 4. The number of amides is 2. The molecule has 12 nitrogen and oxygen atoms in total. The molecule has 2 aromatic heterocycles. The average Bonchev–Trinajstić information content (AvgIpc) is 4.06. The van der Waals surface area contributed by atoms with Crippen molar-refractivity contribution in [2.24, 2.45) is 0 Å². The van der Waals surface area contributed by atoms with Gasteiger partial charge in [-0.1, -0.05) is 83.1 Å². The van der Waals surface area contributed by atoms with Gasteiger partial charge in [-0.25, -0.2) is 0 Å². The van der Waals surface area contributed by atoms with Crippen molar-refractivity contribution in [1.82, 2.24) is 30.1 Å². The Hall–Kier alpha value is -5.72. The van der Waals surface area contributed by atoms with Crippen molar-refractivity contribution in [2.45, 2.75) is 122 Å². The zero-order valence-electron chi connectivity index (χ0n) is 36.0. The maximum absolute atomic E-state index is 14.4. The number of hydrogen-bond donors (Lipinski definition) is 0. The van der Waals surface area contributed by atoms with E-state index in [1.165, 1.54) is 11.1 Å². The molecule has 0 unspecified atom stereocenters. The number of carbonyl (C=O) groups excluding carboxylic acids is 2. The molecular weight excluding hydrogens is 769 g/mol. The number of carbonyl (C=O) groups is 2. The Balaban J connectivity index is 0.985. The molecule has 2 amide bonds. The molecule has 0 spiro atoms. The lowest BCUT2D eigenvalue weighted by Crippen LogP contribution is -2.34. The van der Waals surface area contributed by atoms with Gasteiger partial charge in [-0.15, -0.1) is 0 Å². The van der Waals surface area contributed by atoms with Crippen LogP contribution in [0, 0.1) is 0 Å². The Morgan fingerprint density at radius 3 is 1.49 bits per heavy atom. The summed E-state index contributed by atoms with van der Waals surface area (Å²) in [5.41, 5.74) is 2.72. The van der Waals surface area contributed by atoms with Gasteiger partial charge in [0.2, 0.25) is 11.8 Å². The lowest BCUT2D eigenvalue weighted by Gasteiger charge is -2.25. The predicted molar refractivity (Wildman–Crippen MR) is 231 cm³/mol. The van der Waals surface area contributed by atoms with Gasteiger partial charge in [-0.3, -0.25) is 9.59 Å². The standard InChI is InChI=1S/C49H56N6O6/c1-48(2,3)58-38-28-40(44-50-42(52-60-44)19-13-18-32-14-9-7-10-15-32)54(30-38)46(56)36-23-21-35-27-37(24-22-34(35)26-36)47(57)55-31-39(59-49(4,5)6)29-41(55)45-51-43(53-61-45)25-20-33-16-11-8-12-17-33/h7-12,14-17,21-24,26-27,38-41H,13,18-20,25,28-31H2,1-6H3/t38-,39-,40-,41+/m1/s1. The minimum absolute atomic E-state index is 0.150. The van der Waals surface area contributed by atoms with E-state index in [0.717, 1.165) is 30.0 Å². The summed E-state index contributed by atoms with van der Waals surface area (Å²) in [6.07, 6.45) is 4.57. The first-order valence-corrected chi connectivity index (χ1v) is 21.5. The van der Waals surface area contributed by atoms with Crippen LogP contribution in [-0.2, 0) is 35.2 Å². The quantitative estimate of drug-likeness (QED) is 0.111. The topological polar surface area (TPSA) is 137 Å². The smallest absolute Gasteiger partial charge is 0.254 e. The van der Waals surface area contributed by atoms with Gasteiger partial charge in [0.25, 0.3) is 11.8 Å². The van der Waals surface area contributed by atoms with Crippen LogP contribution < -0.4 is 0 Å². The summed E-state index contributed by atoms with van der Waals surface area (Å²) in [6, 6.07) is 30.9. The van der Waals surface area contributed by atoms with Crippen LogP contribution >= 0.6 is 0 Å². The van der Waals surface area contributed by atoms with E-state index >= 15 is 0 Å². The molecule has 4 heterocycles. The number of rotatable bonds is 13. The minimum Gasteiger partial charge on any atom is -0.371 e. The van der Waals surface area contributed by atoms with Gasteiger partial charge in [-0.2, -0.15) is 9.97 Å². The predicted octanol–water partition coefficient (Wildman–Crippen LogP) is 9.11. The summed E-state index contributed by atoms with van der Waals surface area (Å²) < 4.78 is 24.4. The van der Waals surface area contributed by atoms with Gasteiger partial charge in [0.15, 0.2) is 11.6 Å². The molecule has 0 saturated carbocycles. The molecule has 2 aliphatic rings. The first-order chi connectivity index (χ1) is 29.2. The molecule has 2 aliphatic heterocycles. The van der Waals surface area contributed by atoms with E-state index in [2.05, 4.69) is 34.6 Å². The second-order valence-electron chi connectivity index (χ2n) is 18.3. The molecule has 0 bridgehead atoms. The summed E-state index contributed by atoms with van der Waals surface area (Å²) in [5.74, 6) is 1.77. The van der Waals surface area contributed by atoms with Crippen molar-refractivity contribution in [2.75, 3.05) is 13.1 Å². The van der Waals surface area contributed by atoms with Crippen molar-refractivity contribution in [3.05, 3.63) is 143 Å². The highest BCUT2D eigenvalue weighted by Gasteiger charge is 2.43. The van der Waals surface area contributed by atoms with E-state index in [1.807, 2.05) is 114 Å². The van der Waals surface area contributed by atoms with Crippen LogP contribution in [0.1, 0.15) is 128 Å². The van der Waals surface area contributed by atoms with E-state index in [0.29, 0.717) is 73.3 Å². The molecule has 8 rings (SSSR count). The first-order valence-electron chi connectivity index (χ1n) is 21.5. The third kappa shape index (κ3) is 10.4. The lowest BCUT2D eigenvalue weighted by molar-refractivity contribution is -0.0539. The second-order valence-corrected chi connectivity index (χ2v) is 18.3. The Bertz CT molecular complexity index is 2430. The number of likely N-dealkylation sites (tertiary alicyclic amines) is 2. The summed E-state index contributed by atoms with van der Waals surface area (Å²) in [4.78, 5) is 41.9. The van der Waals surface area contributed by atoms with Gasteiger partial charge < -0.3 is 28.3 Å². The van der Waals surface area contributed by atoms with Crippen molar-refractivity contribution < 1.29 is 28.1 Å². The molecule has 2 fully saturated rings. The fourth-order valence-corrected chi connectivity index (χ4v) is 8.53. The third-order valence-electron chi connectivity index (χ3n) is 11.1.